The first kappa shape index (κ1) is 25.1. The maximum atomic E-state index is 11.7. The average molecular weight is 501 g/mol. The number of hydrogen-bond donors (Lipinski definition) is 0. The van der Waals surface area contributed by atoms with E-state index in [0.717, 1.165) is 37.3 Å². The van der Waals surface area contributed by atoms with E-state index in [0.29, 0.717) is 0 Å². The molecule has 0 amide bonds. The normalized spacial score (nSPS) is 19.8. The first-order valence-electron chi connectivity index (χ1n) is 10.2. The van der Waals surface area contributed by atoms with E-state index in [4.69, 9.17) is 0 Å². The molecule has 0 radical (unpaired) electrons. The number of hydrogen-bond acceptors (Lipinski definition) is 6. The molecule has 0 spiro atoms. The van der Waals surface area contributed by atoms with Crippen molar-refractivity contribution in [3.8, 4) is 0 Å². The predicted octanol–water partition coefficient (Wildman–Crippen LogP) is 3.47. The van der Waals surface area contributed by atoms with Crippen molar-refractivity contribution in [2.24, 2.45) is 0 Å². The molecule has 1 fully saturated rings. The Kier molecular flexibility index (Phi) is 9.14. The molecule has 0 bridgehead atoms. The van der Waals surface area contributed by atoms with Crippen LogP contribution in [0.4, 0.5) is 0 Å². The number of nitro groups is 2. The van der Waals surface area contributed by atoms with Crippen LogP contribution >= 0.6 is 0 Å². The van der Waals surface area contributed by atoms with Crippen LogP contribution in [0, 0.1) is 20.2 Å². The Labute approximate surface area is 173 Å². The van der Waals surface area contributed by atoms with Crippen LogP contribution in [-0.4, -0.2) is 76.7 Å². The molecule has 1 saturated carbocycles. The topological polar surface area (TPSA) is 92.8 Å². The van der Waals surface area contributed by atoms with Gasteiger partial charge in [0.2, 0.25) is 0 Å². The third-order valence-electron chi connectivity index (χ3n) is 5.37. The van der Waals surface area contributed by atoms with Crippen molar-refractivity contribution >= 4 is 25.4 Å². The summed E-state index contributed by atoms with van der Waals surface area (Å²) in [6.07, 6.45) is -0.254. The molecule has 0 aromatic heterocycles. The fourth-order valence-corrected chi connectivity index (χ4v) is 7.68. The van der Waals surface area contributed by atoms with Crippen LogP contribution in [0.3, 0.4) is 0 Å². The van der Waals surface area contributed by atoms with Gasteiger partial charge in [0.15, 0.2) is 0 Å². The summed E-state index contributed by atoms with van der Waals surface area (Å²) in [6, 6.07) is 0. The molecule has 1 aliphatic carbocycles. The van der Waals surface area contributed by atoms with Crippen molar-refractivity contribution in [3.63, 3.8) is 0 Å². The van der Waals surface area contributed by atoms with Gasteiger partial charge in [-0.05, 0) is 0 Å². The third-order valence-corrected chi connectivity index (χ3v) is 8.84. The van der Waals surface area contributed by atoms with Crippen molar-refractivity contribution in [2.75, 3.05) is 26.2 Å². The van der Waals surface area contributed by atoms with Crippen LogP contribution < -0.4 is 0 Å². The molecule has 0 saturated heterocycles. The maximum absolute atomic E-state index is 11.7. The van der Waals surface area contributed by atoms with Gasteiger partial charge in [-0.3, -0.25) is 0 Å². The Morgan fingerprint density at radius 1 is 0.929 bits per heavy atom. The average Bonchev–Trinajstić information content (AvgIpc) is 2.95. The molecule has 0 atom stereocenters. The van der Waals surface area contributed by atoms with Crippen LogP contribution in [0.15, 0.2) is 21.2 Å². The first-order valence-corrected chi connectivity index (χ1v) is 20.4. The van der Waals surface area contributed by atoms with E-state index in [1.165, 1.54) is 0 Å². The van der Waals surface area contributed by atoms with E-state index < -0.39 is 33.9 Å². The molecule has 0 unspecified atom stereocenters. The Morgan fingerprint density at radius 3 is 1.64 bits per heavy atom. The first-order chi connectivity index (χ1) is 13.0. The van der Waals surface area contributed by atoms with Gasteiger partial charge in [-0.1, -0.05) is 0 Å². The second kappa shape index (κ2) is 10.2. The summed E-state index contributed by atoms with van der Waals surface area (Å²) in [7, 11) is 0. The van der Waals surface area contributed by atoms with Gasteiger partial charge in [0.1, 0.15) is 0 Å². The van der Waals surface area contributed by atoms with Gasteiger partial charge in [-0.25, -0.2) is 0 Å². The van der Waals surface area contributed by atoms with Gasteiger partial charge in [-0.15, -0.1) is 0 Å². The van der Waals surface area contributed by atoms with Crippen molar-refractivity contribution in [1.29, 1.82) is 0 Å². The standard InChI is InChI=1S/C15H26BN4O4.3CH3.Sn/c1-6-17(7-2)16(18(8-3)9-4)12-14-11-15(19(21)22,20(23)24)10-13(14)5;;;;/h5,12H,6-11H2,1-4H3;3*1H3;. The van der Waals surface area contributed by atoms with Gasteiger partial charge >= 0.3 is 173 Å². The Bertz CT molecular complexity index is 614. The van der Waals surface area contributed by atoms with Gasteiger partial charge in [0.05, 0.1) is 0 Å². The van der Waals surface area contributed by atoms with Crippen LogP contribution in [-0.2, 0) is 0 Å². The van der Waals surface area contributed by atoms with Crippen molar-refractivity contribution in [1.82, 2.24) is 9.62 Å². The molecular formula is C18H35BN4O4Sn. The second-order valence-electron chi connectivity index (χ2n) is 8.43. The summed E-state index contributed by atoms with van der Waals surface area (Å²) >= 11 is -2.47. The van der Waals surface area contributed by atoms with Crippen LogP contribution in [0.1, 0.15) is 40.5 Å². The van der Waals surface area contributed by atoms with Crippen LogP contribution in [0.2, 0.25) is 14.8 Å². The SMILES string of the molecule is CCN(CC)B(C=C1CC([N+](=O)[O-])([N+](=O)[O-])CC1=[CH][Sn]([CH3])([CH3])[CH3])N(CC)CC. The molecule has 10 heteroatoms. The molecule has 0 aliphatic heterocycles. The summed E-state index contributed by atoms with van der Waals surface area (Å²) in [4.78, 5) is 33.2. The summed E-state index contributed by atoms with van der Waals surface area (Å²) in [5.74, 6) is 2.05. The van der Waals surface area contributed by atoms with E-state index in [2.05, 4.69) is 62.2 Å². The number of rotatable bonds is 10. The minimum atomic E-state index is -2.47. The molecule has 0 heterocycles. The predicted molar refractivity (Wildman–Crippen MR) is 117 cm³/mol. The van der Waals surface area contributed by atoms with Crippen molar-refractivity contribution < 1.29 is 9.85 Å². The molecule has 0 aromatic carbocycles. The fraction of sp³-hybridized carbons (Fsp3) is 0.778. The van der Waals surface area contributed by atoms with Gasteiger partial charge in [-0.2, -0.15) is 0 Å². The molecule has 8 nitrogen and oxygen atoms in total. The molecule has 158 valence electrons. The van der Waals surface area contributed by atoms with E-state index >= 15 is 0 Å². The molecule has 1 aliphatic rings. The third kappa shape index (κ3) is 5.79. The summed E-state index contributed by atoms with van der Waals surface area (Å²) in [5, 5.41) is 23.4. The number of nitrogens with zero attached hydrogens (tertiary/aromatic N) is 4. The van der Waals surface area contributed by atoms with Crippen LogP contribution in [0.5, 0.6) is 0 Å². The van der Waals surface area contributed by atoms with E-state index in [1.54, 1.807) is 0 Å². The zero-order valence-corrected chi connectivity index (χ0v) is 21.3. The van der Waals surface area contributed by atoms with E-state index in [1.807, 2.05) is 0 Å². The van der Waals surface area contributed by atoms with E-state index in [9.17, 15) is 20.2 Å². The van der Waals surface area contributed by atoms with Crippen LogP contribution in [0.25, 0.3) is 0 Å². The van der Waals surface area contributed by atoms with Crippen molar-refractivity contribution in [3.05, 3.63) is 41.4 Å². The zero-order valence-electron chi connectivity index (χ0n) is 18.4. The quantitative estimate of drug-likeness (QED) is 0.197. The molecular weight excluding hydrogens is 466 g/mol. The fourth-order valence-electron chi connectivity index (χ4n) is 3.87. The monoisotopic (exact) mass is 502 g/mol. The molecule has 1 rings (SSSR count). The Balaban J connectivity index is 3.57. The van der Waals surface area contributed by atoms with Gasteiger partial charge < -0.3 is 0 Å². The summed E-state index contributed by atoms with van der Waals surface area (Å²) < 4.78 is 2.16. The molecule has 0 N–H and O–H groups in total. The second-order valence-corrected chi connectivity index (χ2v) is 22.8. The van der Waals surface area contributed by atoms with E-state index in [-0.39, 0.29) is 19.8 Å². The van der Waals surface area contributed by atoms with Crippen molar-refractivity contribution in [2.45, 2.75) is 61.0 Å². The zero-order chi connectivity index (χ0) is 21.7. The Hall–Kier alpha value is -0.936. The summed E-state index contributed by atoms with van der Waals surface area (Å²) in [6.45, 7) is 11.7. The van der Waals surface area contributed by atoms with Gasteiger partial charge in [0, 0.05) is 0 Å². The molecule has 28 heavy (non-hydrogen) atoms. The molecule has 0 aromatic rings. The van der Waals surface area contributed by atoms with Gasteiger partial charge in [0.25, 0.3) is 0 Å². The Morgan fingerprint density at radius 2 is 1.32 bits per heavy atom. The summed E-state index contributed by atoms with van der Waals surface area (Å²) in [5.41, 5.74) is -0.531. The minimum absolute atomic E-state index is 0.0205.